The van der Waals surface area contributed by atoms with Crippen molar-refractivity contribution < 1.29 is 18.7 Å². The molecule has 3 rings (SSSR count). The lowest BCUT2D eigenvalue weighted by atomic mass is 10.1. The van der Waals surface area contributed by atoms with Gasteiger partial charge in [-0.3, -0.25) is 4.79 Å². The SMILES string of the molecule is COc1cc(/C=C(\C#N)C(=O)NC2CCCC2)ccc1OCc1ccccc1F. The molecule has 0 bridgehead atoms. The molecule has 5 nitrogen and oxygen atoms in total. The minimum atomic E-state index is -0.363. The summed E-state index contributed by atoms with van der Waals surface area (Å²) in [6, 6.07) is 13.6. The zero-order chi connectivity index (χ0) is 20.6. The molecule has 1 saturated carbocycles. The number of rotatable bonds is 7. The number of hydrogen-bond donors (Lipinski definition) is 1. The number of nitriles is 1. The van der Waals surface area contributed by atoms with Crippen molar-refractivity contribution in [1.82, 2.24) is 5.32 Å². The van der Waals surface area contributed by atoms with Crippen LogP contribution in [0.1, 0.15) is 36.8 Å². The summed E-state index contributed by atoms with van der Waals surface area (Å²) >= 11 is 0. The normalized spacial score (nSPS) is 14.3. The Hall–Kier alpha value is -3.33. The largest absolute Gasteiger partial charge is 0.493 e. The van der Waals surface area contributed by atoms with Gasteiger partial charge in [-0.2, -0.15) is 5.26 Å². The molecule has 1 amide bonds. The molecule has 0 saturated heterocycles. The molecule has 0 atom stereocenters. The third kappa shape index (κ3) is 5.35. The van der Waals surface area contributed by atoms with Crippen LogP contribution in [0.2, 0.25) is 0 Å². The number of halogens is 1. The zero-order valence-electron chi connectivity index (χ0n) is 16.3. The average Bonchev–Trinajstić information content (AvgIpc) is 3.24. The number of carbonyl (C=O) groups is 1. The van der Waals surface area contributed by atoms with E-state index in [4.69, 9.17) is 9.47 Å². The molecular weight excluding hydrogens is 371 g/mol. The van der Waals surface area contributed by atoms with Crippen LogP contribution in [0.5, 0.6) is 11.5 Å². The van der Waals surface area contributed by atoms with Crippen LogP contribution in [0.4, 0.5) is 4.39 Å². The van der Waals surface area contributed by atoms with E-state index in [0.29, 0.717) is 22.6 Å². The summed E-state index contributed by atoms with van der Waals surface area (Å²) in [6.45, 7) is 0.0610. The van der Waals surface area contributed by atoms with Crippen LogP contribution >= 0.6 is 0 Å². The third-order valence-corrected chi connectivity index (χ3v) is 4.90. The Morgan fingerprint density at radius 1 is 1.24 bits per heavy atom. The highest BCUT2D eigenvalue weighted by atomic mass is 19.1. The Kier molecular flexibility index (Phi) is 6.85. The monoisotopic (exact) mass is 394 g/mol. The van der Waals surface area contributed by atoms with Crippen molar-refractivity contribution in [3.05, 3.63) is 65.0 Å². The van der Waals surface area contributed by atoms with Crippen LogP contribution in [-0.2, 0) is 11.4 Å². The van der Waals surface area contributed by atoms with Crippen molar-refractivity contribution in [2.75, 3.05) is 7.11 Å². The minimum absolute atomic E-state index is 0.0407. The number of amides is 1. The van der Waals surface area contributed by atoms with E-state index in [-0.39, 0.29) is 29.9 Å². The van der Waals surface area contributed by atoms with E-state index < -0.39 is 0 Å². The van der Waals surface area contributed by atoms with Crippen LogP contribution in [0.3, 0.4) is 0 Å². The van der Waals surface area contributed by atoms with Gasteiger partial charge in [-0.05, 0) is 42.7 Å². The highest BCUT2D eigenvalue weighted by molar-refractivity contribution is 6.01. The Balaban J connectivity index is 1.72. The lowest BCUT2D eigenvalue weighted by Crippen LogP contribution is -2.33. The van der Waals surface area contributed by atoms with E-state index in [1.165, 1.54) is 19.3 Å². The van der Waals surface area contributed by atoms with E-state index >= 15 is 0 Å². The highest BCUT2D eigenvalue weighted by Gasteiger charge is 2.19. The maximum Gasteiger partial charge on any atom is 0.262 e. The van der Waals surface area contributed by atoms with Crippen LogP contribution in [-0.4, -0.2) is 19.1 Å². The molecule has 2 aromatic carbocycles. The van der Waals surface area contributed by atoms with Gasteiger partial charge in [-0.15, -0.1) is 0 Å². The average molecular weight is 394 g/mol. The van der Waals surface area contributed by atoms with Gasteiger partial charge < -0.3 is 14.8 Å². The lowest BCUT2D eigenvalue weighted by Gasteiger charge is -2.13. The molecule has 1 aliphatic carbocycles. The summed E-state index contributed by atoms with van der Waals surface area (Å²) in [5.41, 5.74) is 1.12. The molecule has 1 aliphatic rings. The number of hydrogen-bond acceptors (Lipinski definition) is 4. The van der Waals surface area contributed by atoms with E-state index in [1.807, 2.05) is 6.07 Å². The smallest absolute Gasteiger partial charge is 0.262 e. The Morgan fingerprint density at radius 2 is 2.00 bits per heavy atom. The first kappa shape index (κ1) is 20.4. The van der Waals surface area contributed by atoms with Crippen molar-refractivity contribution in [3.63, 3.8) is 0 Å². The predicted octanol–water partition coefficient (Wildman–Crippen LogP) is 4.38. The first-order chi connectivity index (χ1) is 14.1. The van der Waals surface area contributed by atoms with Crippen LogP contribution < -0.4 is 14.8 Å². The number of methoxy groups -OCH3 is 1. The summed E-state index contributed by atoms with van der Waals surface area (Å²) in [6.07, 6.45) is 5.62. The molecule has 29 heavy (non-hydrogen) atoms. The molecule has 0 aliphatic heterocycles. The van der Waals surface area contributed by atoms with Gasteiger partial charge >= 0.3 is 0 Å². The van der Waals surface area contributed by atoms with Gasteiger partial charge in [0.25, 0.3) is 5.91 Å². The highest BCUT2D eigenvalue weighted by Crippen LogP contribution is 2.30. The molecule has 0 aromatic heterocycles. The van der Waals surface area contributed by atoms with Gasteiger partial charge in [-0.1, -0.05) is 37.1 Å². The van der Waals surface area contributed by atoms with Gasteiger partial charge in [0.1, 0.15) is 24.1 Å². The fourth-order valence-electron chi connectivity index (χ4n) is 3.31. The minimum Gasteiger partial charge on any atom is -0.493 e. The third-order valence-electron chi connectivity index (χ3n) is 4.90. The quantitative estimate of drug-likeness (QED) is 0.559. The summed E-state index contributed by atoms with van der Waals surface area (Å²) in [7, 11) is 1.50. The fraction of sp³-hybridized carbons (Fsp3) is 0.304. The summed E-state index contributed by atoms with van der Waals surface area (Å²) < 4.78 is 24.8. The predicted molar refractivity (Wildman–Crippen MR) is 108 cm³/mol. The van der Waals surface area contributed by atoms with Gasteiger partial charge in [0.2, 0.25) is 0 Å². The van der Waals surface area contributed by atoms with E-state index in [2.05, 4.69) is 5.32 Å². The Bertz CT molecular complexity index is 943. The number of benzene rings is 2. The number of nitrogens with zero attached hydrogens (tertiary/aromatic N) is 1. The molecule has 0 heterocycles. The molecule has 150 valence electrons. The Morgan fingerprint density at radius 3 is 2.69 bits per heavy atom. The number of ether oxygens (including phenoxy) is 2. The van der Waals surface area contributed by atoms with Crippen molar-refractivity contribution in [2.24, 2.45) is 0 Å². The Labute approximate surface area is 169 Å². The first-order valence-corrected chi connectivity index (χ1v) is 9.57. The summed E-state index contributed by atoms with van der Waals surface area (Å²) in [5.74, 6) is 0.182. The van der Waals surface area contributed by atoms with Crippen molar-refractivity contribution >= 4 is 12.0 Å². The standard InChI is InChI=1S/C23H23FN2O3/c1-28-22-13-16(12-18(14-25)23(27)26-19-7-3-4-8-19)10-11-21(22)29-15-17-6-2-5-9-20(17)24/h2,5-6,9-13,19H,3-4,7-8,15H2,1H3,(H,26,27)/b18-12+. The maximum absolute atomic E-state index is 13.8. The van der Waals surface area contributed by atoms with Crippen molar-refractivity contribution in [1.29, 1.82) is 5.26 Å². The summed E-state index contributed by atoms with van der Waals surface area (Å²) in [4.78, 5) is 12.4. The van der Waals surface area contributed by atoms with Crippen molar-refractivity contribution in [3.8, 4) is 17.6 Å². The van der Waals surface area contributed by atoms with Gasteiger partial charge in [0, 0.05) is 11.6 Å². The number of carbonyl (C=O) groups excluding carboxylic acids is 1. The molecule has 6 heteroatoms. The molecule has 0 unspecified atom stereocenters. The van der Waals surface area contributed by atoms with Gasteiger partial charge in [-0.25, -0.2) is 4.39 Å². The van der Waals surface area contributed by atoms with Gasteiger partial charge in [0.05, 0.1) is 7.11 Å². The maximum atomic E-state index is 13.8. The second-order valence-corrected chi connectivity index (χ2v) is 6.92. The van der Waals surface area contributed by atoms with E-state index in [0.717, 1.165) is 25.7 Å². The molecule has 0 spiro atoms. The second-order valence-electron chi connectivity index (χ2n) is 6.92. The van der Waals surface area contributed by atoms with Crippen LogP contribution in [0.15, 0.2) is 48.0 Å². The van der Waals surface area contributed by atoms with E-state index in [1.54, 1.807) is 36.4 Å². The van der Waals surface area contributed by atoms with Gasteiger partial charge in [0.15, 0.2) is 11.5 Å². The van der Waals surface area contributed by atoms with E-state index in [9.17, 15) is 14.4 Å². The topological polar surface area (TPSA) is 71.3 Å². The molecular formula is C23H23FN2O3. The van der Waals surface area contributed by atoms with Crippen LogP contribution in [0.25, 0.3) is 6.08 Å². The first-order valence-electron chi connectivity index (χ1n) is 9.57. The lowest BCUT2D eigenvalue weighted by molar-refractivity contribution is -0.117. The zero-order valence-corrected chi connectivity index (χ0v) is 16.3. The van der Waals surface area contributed by atoms with Crippen molar-refractivity contribution in [2.45, 2.75) is 38.3 Å². The molecule has 1 fully saturated rings. The second kappa shape index (κ2) is 9.74. The summed E-state index contributed by atoms with van der Waals surface area (Å²) in [5, 5.41) is 12.3. The molecule has 1 N–H and O–H groups in total. The molecule has 2 aromatic rings. The van der Waals surface area contributed by atoms with Crippen LogP contribution in [0, 0.1) is 17.1 Å². The number of nitrogens with one attached hydrogen (secondary N) is 1. The molecule has 0 radical (unpaired) electrons. The fourth-order valence-corrected chi connectivity index (χ4v) is 3.31.